The summed E-state index contributed by atoms with van der Waals surface area (Å²) in [5.74, 6) is 0.393. The van der Waals surface area contributed by atoms with E-state index in [0.717, 1.165) is 96.3 Å². The first-order valence-electron chi connectivity index (χ1n) is 17.7. The fourth-order valence-corrected chi connectivity index (χ4v) is 7.84. The molecule has 0 spiro atoms. The molecule has 0 unspecified atom stereocenters. The fourth-order valence-electron chi connectivity index (χ4n) is 7.84. The Hall–Kier alpha value is -4.45. The Kier molecular flexibility index (Phi) is 9.23. The van der Waals surface area contributed by atoms with Gasteiger partial charge in [-0.1, -0.05) is 66.7 Å². The molecule has 0 amide bonds. The van der Waals surface area contributed by atoms with Crippen molar-refractivity contribution in [1.82, 2.24) is 5.32 Å². The van der Waals surface area contributed by atoms with Crippen LogP contribution in [0.5, 0.6) is 0 Å². The molecule has 0 saturated carbocycles. The van der Waals surface area contributed by atoms with Gasteiger partial charge in [-0.05, 0) is 109 Å². The van der Waals surface area contributed by atoms with Gasteiger partial charge in [0.2, 0.25) is 0 Å². The molecule has 5 aliphatic rings. The number of benzene rings is 1. The highest BCUT2D eigenvalue weighted by molar-refractivity contribution is 6.18. The van der Waals surface area contributed by atoms with E-state index in [0.29, 0.717) is 12.3 Å². The monoisotopic (exact) mass is 627 g/mol. The third-order valence-corrected chi connectivity index (χ3v) is 10.5. The van der Waals surface area contributed by atoms with Crippen molar-refractivity contribution in [1.29, 1.82) is 0 Å². The summed E-state index contributed by atoms with van der Waals surface area (Å²) >= 11 is 0. The Labute approximate surface area is 280 Å². The number of hydrogen-bond donors (Lipinski definition) is 3. The average Bonchev–Trinajstić information content (AvgIpc) is 3.79. The summed E-state index contributed by atoms with van der Waals surface area (Å²) in [6.07, 6.45) is 14.6. The second kappa shape index (κ2) is 13.3. The molecule has 6 heteroatoms. The number of hydrogen-bond acceptors (Lipinski definition) is 6. The number of aliphatic hydroxyl groups excluding tert-OH is 1. The molecule has 6 nitrogen and oxygen atoms in total. The first-order chi connectivity index (χ1) is 22.9. The van der Waals surface area contributed by atoms with Crippen LogP contribution in [0.4, 0.5) is 5.69 Å². The number of rotatable bonds is 10. The van der Waals surface area contributed by atoms with Gasteiger partial charge in [0, 0.05) is 23.5 Å². The highest BCUT2D eigenvalue weighted by Crippen LogP contribution is 2.47. The number of fused-ring (bicyclic) bond motifs is 5. The summed E-state index contributed by atoms with van der Waals surface area (Å²) in [6.45, 7) is 16.0. The van der Waals surface area contributed by atoms with Crippen molar-refractivity contribution < 1.29 is 5.11 Å². The van der Waals surface area contributed by atoms with Crippen LogP contribution in [0.1, 0.15) is 93.4 Å². The van der Waals surface area contributed by atoms with Crippen LogP contribution in [0.15, 0.2) is 137 Å². The van der Waals surface area contributed by atoms with Crippen molar-refractivity contribution >= 4 is 22.8 Å². The topological polar surface area (TPSA) is 81.4 Å². The standard InChI is InChI=1S/C41H49N5O/c1-8-26-27(9-2)35-22-38-40(47)41(13-6,14-7)39(46-38)23-37-29(11-4)28(10-3)33(45-37)21-36-31(24-42-25-18-16-15-17-19-25)30(12-5)34(44-36)20-32(26)43-35/h15-23,42,46-47H,8-14,24H2,1-7H3. The van der Waals surface area contributed by atoms with Crippen LogP contribution in [0.2, 0.25) is 0 Å². The molecule has 0 atom stereocenters. The first-order valence-corrected chi connectivity index (χ1v) is 17.7. The van der Waals surface area contributed by atoms with E-state index in [9.17, 15) is 5.11 Å². The molecule has 3 N–H and O–H groups in total. The second-order valence-corrected chi connectivity index (χ2v) is 12.7. The van der Waals surface area contributed by atoms with Crippen molar-refractivity contribution in [3.05, 3.63) is 122 Å². The van der Waals surface area contributed by atoms with Gasteiger partial charge in [0.05, 0.1) is 45.3 Å². The number of anilines is 1. The van der Waals surface area contributed by atoms with Crippen molar-refractivity contribution in [2.24, 2.45) is 20.4 Å². The zero-order valence-corrected chi connectivity index (χ0v) is 29.1. The fraction of sp³-hybridized carbons (Fsp3) is 0.390. The molecule has 8 bridgehead atoms. The highest BCUT2D eigenvalue weighted by atomic mass is 16.3. The number of para-hydroxylation sites is 1. The molecule has 0 fully saturated rings. The molecule has 5 aliphatic heterocycles. The van der Waals surface area contributed by atoms with Gasteiger partial charge in [-0.3, -0.25) is 0 Å². The van der Waals surface area contributed by atoms with Crippen molar-refractivity contribution in [2.75, 3.05) is 11.9 Å². The third kappa shape index (κ3) is 5.52. The van der Waals surface area contributed by atoms with Gasteiger partial charge in [0.15, 0.2) is 0 Å². The molecular formula is C41H49N5O. The molecule has 0 aliphatic carbocycles. The van der Waals surface area contributed by atoms with E-state index in [4.69, 9.17) is 15.0 Å². The number of aliphatic hydroxyl groups is 1. The van der Waals surface area contributed by atoms with Gasteiger partial charge < -0.3 is 15.7 Å². The van der Waals surface area contributed by atoms with Gasteiger partial charge >= 0.3 is 0 Å². The zero-order chi connectivity index (χ0) is 33.3. The summed E-state index contributed by atoms with van der Waals surface area (Å²) in [4.78, 5) is 15.9. The lowest BCUT2D eigenvalue weighted by Crippen LogP contribution is -2.25. The van der Waals surface area contributed by atoms with Crippen LogP contribution in [0.3, 0.4) is 0 Å². The predicted molar refractivity (Wildman–Crippen MR) is 198 cm³/mol. The van der Waals surface area contributed by atoms with E-state index in [2.05, 4.69) is 108 Å². The van der Waals surface area contributed by atoms with E-state index in [-0.39, 0.29) is 0 Å². The van der Waals surface area contributed by atoms with Crippen LogP contribution in [-0.4, -0.2) is 28.8 Å². The highest BCUT2D eigenvalue weighted by Gasteiger charge is 2.43. The molecule has 0 radical (unpaired) electrons. The van der Waals surface area contributed by atoms with Gasteiger partial charge in [-0.15, -0.1) is 0 Å². The summed E-state index contributed by atoms with van der Waals surface area (Å²) in [7, 11) is 0. The van der Waals surface area contributed by atoms with E-state index in [1.807, 2.05) is 6.07 Å². The van der Waals surface area contributed by atoms with Crippen LogP contribution >= 0.6 is 0 Å². The smallest absolute Gasteiger partial charge is 0.128 e. The minimum absolute atomic E-state index is 0.393. The predicted octanol–water partition coefficient (Wildman–Crippen LogP) is 10.1. The summed E-state index contributed by atoms with van der Waals surface area (Å²) in [5.41, 5.74) is 15.5. The normalized spacial score (nSPS) is 20.2. The average molecular weight is 628 g/mol. The molecule has 0 aromatic heterocycles. The third-order valence-electron chi connectivity index (χ3n) is 10.5. The molecule has 244 valence electrons. The Balaban J connectivity index is 1.62. The Bertz CT molecular complexity index is 1830. The lowest BCUT2D eigenvalue weighted by Gasteiger charge is -2.28. The number of nitrogens with one attached hydrogen (secondary N) is 2. The van der Waals surface area contributed by atoms with E-state index >= 15 is 0 Å². The minimum Gasteiger partial charge on any atom is -0.509 e. The number of allylic oxidation sites excluding steroid dienone is 9. The maximum atomic E-state index is 11.9. The lowest BCUT2D eigenvalue weighted by molar-refractivity contribution is 0.250. The molecule has 6 rings (SSSR count). The second-order valence-electron chi connectivity index (χ2n) is 12.7. The minimum atomic E-state index is -0.504. The van der Waals surface area contributed by atoms with Crippen molar-refractivity contribution in [2.45, 2.75) is 93.4 Å². The van der Waals surface area contributed by atoms with Crippen molar-refractivity contribution in [3.8, 4) is 0 Å². The number of aliphatic imine (C=N–C) groups is 3. The van der Waals surface area contributed by atoms with Crippen LogP contribution in [-0.2, 0) is 0 Å². The zero-order valence-electron chi connectivity index (χ0n) is 29.1. The molecule has 5 heterocycles. The quantitative estimate of drug-likeness (QED) is 0.241. The van der Waals surface area contributed by atoms with Gasteiger partial charge in [0.1, 0.15) is 5.76 Å². The Morgan fingerprint density at radius 1 is 0.596 bits per heavy atom. The lowest BCUT2D eigenvalue weighted by atomic mass is 9.78. The largest absolute Gasteiger partial charge is 0.509 e. The number of nitrogens with zero attached hydrogens (tertiary/aromatic N) is 3. The molecular weight excluding hydrogens is 578 g/mol. The molecule has 1 aromatic rings. The van der Waals surface area contributed by atoms with Crippen molar-refractivity contribution in [3.63, 3.8) is 0 Å². The van der Waals surface area contributed by atoms with Crippen LogP contribution < -0.4 is 10.6 Å². The summed E-state index contributed by atoms with van der Waals surface area (Å²) < 4.78 is 0. The SMILES string of the molecule is CCC1=C(CC)C2=NC1=CC1=C(O)C(CC)(CC)C(=CC3=NC(=CC4=NC(=C2)C(CC)=C4CNc2ccccc2)C(CC)=C3CC)N1. The maximum Gasteiger partial charge on any atom is 0.128 e. The van der Waals surface area contributed by atoms with E-state index < -0.39 is 5.41 Å². The molecule has 1 aromatic carbocycles. The van der Waals surface area contributed by atoms with Gasteiger partial charge in [-0.2, -0.15) is 0 Å². The maximum absolute atomic E-state index is 11.9. The van der Waals surface area contributed by atoms with E-state index in [1.54, 1.807) is 0 Å². The first kappa shape index (κ1) is 32.5. The summed E-state index contributed by atoms with van der Waals surface area (Å²) in [5, 5.41) is 19.2. The van der Waals surface area contributed by atoms with Gasteiger partial charge in [-0.25, -0.2) is 15.0 Å². The molecule has 0 saturated heterocycles. The van der Waals surface area contributed by atoms with Gasteiger partial charge in [0.25, 0.3) is 0 Å². The molecule has 47 heavy (non-hydrogen) atoms. The summed E-state index contributed by atoms with van der Waals surface area (Å²) in [6, 6.07) is 10.4. The van der Waals surface area contributed by atoms with Crippen LogP contribution in [0.25, 0.3) is 0 Å². The van der Waals surface area contributed by atoms with E-state index in [1.165, 1.54) is 33.4 Å². The Morgan fingerprint density at radius 2 is 1.06 bits per heavy atom. The Morgan fingerprint density at radius 3 is 1.57 bits per heavy atom. The van der Waals surface area contributed by atoms with Crippen LogP contribution in [0, 0.1) is 5.41 Å².